The van der Waals surface area contributed by atoms with Gasteiger partial charge in [0.05, 0.1) is 29.8 Å². The van der Waals surface area contributed by atoms with Crippen molar-refractivity contribution >= 4 is 10.0 Å². The molecule has 2 aromatic rings. The number of morpholine rings is 1. The van der Waals surface area contributed by atoms with Crippen molar-refractivity contribution in [3.63, 3.8) is 0 Å². The summed E-state index contributed by atoms with van der Waals surface area (Å²) in [5, 5.41) is 0. The minimum Gasteiger partial charge on any atom is -0.494 e. The van der Waals surface area contributed by atoms with Crippen LogP contribution >= 0.6 is 0 Å². The first kappa shape index (κ1) is 19.9. The van der Waals surface area contributed by atoms with E-state index in [1.165, 1.54) is 0 Å². The fraction of sp³-hybridized carbons (Fsp3) is 0.429. The van der Waals surface area contributed by atoms with E-state index < -0.39 is 15.6 Å². The summed E-state index contributed by atoms with van der Waals surface area (Å²) < 4.78 is 39.6. The molecule has 1 heterocycles. The van der Waals surface area contributed by atoms with Crippen LogP contribution in [0, 0.1) is 6.92 Å². The molecule has 3 rings (SSSR count). The van der Waals surface area contributed by atoms with Gasteiger partial charge in [-0.2, -0.15) is 4.31 Å². The zero-order chi connectivity index (χ0) is 19.7. The first-order valence-electron chi connectivity index (χ1n) is 9.18. The molecular formula is C21H27NO4S. The average molecular weight is 390 g/mol. The van der Waals surface area contributed by atoms with Crippen molar-refractivity contribution in [1.82, 2.24) is 4.31 Å². The Kier molecular flexibility index (Phi) is 5.60. The predicted molar refractivity (Wildman–Crippen MR) is 105 cm³/mol. The smallest absolute Gasteiger partial charge is 0.243 e. The van der Waals surface area contributed by atoms with Crippen LogP contribution in [-0.2, 0) is 14.8 Å². The molecule has 0 aliphatic carbocycles. The maximum atomic E-state index is 13.3. The molecule has 1 atom stereocenters. The highest BCUT2D eigenvalue weighted by molar-refractivity contribution is 7.89. The number of hydrogen-bond acceptors (Lipinski definition) is 4. The summed E-state index contributed by atoms with van der Waals surface area (Å²) in [4.78, 5) is 0.267. The lowest BCUT2D eigenvalue weighted by Gasteiger charge is -2.44. The molecule has 1 aliphatic heterocycles. The standard InChI is InChI=1S/C21H27NO4S/c1-5-25-18-10-12-19(13-11-18)27(23,24)22-14-20(26-15-21(22,3)4)17-8-6-16(2)7-9-17/h6-13,20H,5,14-15H2,1-4H3. The van der Waals surface area contributed by atoms with E-state index in [-0.39, 0.29) is 17.5 Å². The molecule has 5 nitrogen and oxygen atoms in total. The van der Waals surface area contributed by atoms with Gasteiger partial charge in [0.25, 0.3) is 0 Å². The Morgan fingerprint density at radius 3 is 2.33 bits per heavy atom. The summed E-state index contributed by atoms with van der Waals surface area (Å²) >= 11 is 0. The average Bonchev–Trinajstić information content (AvgIpc) is 2.63. The molecule has 27 heavy (non-hydrogen) atoms. The van der Waals surface area contributed by atoms with Crippen molar-refractivity contribution in [3.8, 4) is 5.75 Å². The second kappa shape index (κ2) is 7.62. The van der Waals surface area contributed by atoms with Crippen LogP contribution < -0.4 is 4.74 Å². The number of sulfonamides is 1. The van der Waals surface area contributed by atoms with Crippen LogP contribution in [-0.4, -0.2) is 38.0 Å². The highest BCUT2D eigenvalue weighted by Gasteiger charge is 2.43. The molecule has 6 heteroatoms. The van der Waals surface area contributed by atoms with Crippen molar-refractivity contribution in [1.29, 1.82) is 0 Å². The lowest BCUT2D eigenvalue weighted by molar-refractivity contribution is -0.0655. The van der Waals surface area contributed by atoms with E-state index in [0.717, 1.165) is 11.1 Å². The summed E-state index contributed by atoms with van der Waals surface area (Å²) in [5.74, 6) is 0.662. The lowest BCUT2D eigenvalue weighted by atomic mass is 10.0. The van der Waals surface area contributed by atoms with Gasteiger partial charge in [-0.1, -0.05) is 29.8 Å². The molecule has 0 spiro atoms. The van der Waals surface area contributed by atoms with E-state index in [4.69, 9.17) is 9.47 Å². The second-order valence-electron chi connectivity index (χ2n) is 7.46. The third-order valence-corrected chi connectivity index (χ3v) is 6.91. The molecular weight excluding hydrogens is 362 g/mol. The first-order chi connectivity index (χ1) is 12.7. The van der Waals surface area contributed by atoms with Crippen LogP contribution in [0.15, 0.2) is 53.4 Å². The summed E-state index contributed by atoms with van der Waals surface area (Å²) in [6.07, 6.45) is -0.281. The van der Waals surface area contributed by atoms with E-state index in [1.807, 2.05) is 52.0 Å². The maximum absolute atomic E-state index is 13.3. The maximum Gasteiger partial charge on any atom is 0.243 e. The van der Waals surface area contributed by atoms with Crippen molar-refractivity contribution in [2.24, 2.45) is 0 Å². The Balaban J connectivity index is 1.89. The summed E-state index contributed by atoms with van der Waals surface area (Å²) in [7, 11) is -3.65. The molecule has 1 unspecified atom stereocenters. The molecule has 0 radical (unpaired) electrons. The van der Waals surface area contributed by atoms with E-state index in [1.54, 1.807) is 28.6 Å². The quantitative estimate of drug-likeness (QED) is 0.777. The highest BCUT2D eigenvalue weighted by atomic mass is 32.2. The second-order valence-corrected chi connectivity index (χ2v) is 9.33. The fourth-order valence-corrected chi connectivity index (χ4v) is 5.00. The van der Waals surface area contributed by atoms with Gasteiger partial charge in [-0.15, -0.1) is 0 Å². The molecule has 2 aromatic carbocycles. The van der Waals surface area contributed by atoms with Gasteiger partial charge >= 0.3 is 0 Å². The number of nitrogens with zero attached hydrogens (tertiary/aromatic N) is 1. The van der Waals surface area contributed by atoms with Crippen LogP contribution in [0.5, 0.6) is 5.75 Å². The van der Waals surface area contributed by atoms with E-state index in [0.29, 0.717) is 19.0 Å². The normalized spacial score (nSPS) is 20.4. The van der Waals surface area contributed by atoms with Crippen molar-refractivity contribution in [3.05, 3.63) is 59.7 Å². The Morgan fingerprint density at radius 2 is 1.74 bits per heavy atom. The van der Waals surface area contributed by atoms with E-state index >= 15 is 0 Å². The van der Waals surface area contributed by atoms with Crippen molar-refractivity contribution < 1.29 is 17.9 Å². The van der Waals surface area contributed by atoms with Gasteiger partial charge in [0.2, 0.25) is 10.0 Å². The Bertz CT molecular complexity index is 873. The van der Waals surface area contributed by atoms with E-state index in [2.05, 4.69) is 0 Å². The number of benzene rings is 2. The third kappa shape index (κ3) is 4.18. The highest BCUT2D eigenvalue weighted by Crippen LogP contribution is 2.35. The van der Waals surface area contributed by atoms with Gasteiger partial charge < -0.3 is 9.47 Å². The minimum atomic E-state index is -3.65. The molecule has 146 valence electrons. The molecule has 0 amide bonds. The van der Waals surface area contributed by atoms with Crippen LogP contribution in [0.25, 0.3) is 0 Å². The number of hydrogen-bond donors (Lipinski definition) is 0. The Morgan fingerprint density at radius 1 is 1.11 bits per heavy atom. The molecule has 0 saturated carbocycles. The number of aryl methyl sites for hydroxylation is 1. The van der Waals surface area contributed by atoms with Crippen LogP contribution in [0.1, 0.15) is 38.0 Å². The van der Waals surface area contributed by atoms with Gasteiger partial charge in [-0.05, 0) is 57.5 Å². The first-order valence-corrected chi connectivity index (χ1v) is 10.6. The predicted octanol–water partition coefficient (Wildman–Crippen LogP) is 3.93. The zero-order valence-electron chi connectivity index (χ0n) is 16.3. The zero-order valence-corrected chi connectivity index (χ0v) is 17.1. The van der Waals surface area contributed by atoms with Gasteiger partial charge in [0.1, 0.15) is 5.75 Å². The summed E-state index contributed by atoms with van der Waals surface area (Å²) in [6.45, 7) is 8.87. The van der Waals surface area contributed by atoms with Gasteiger partial charge in [0, 0.05) is 6.54 Å². The van der Waals surface area contributed by atoms with Crippen LogP contribution in [0.2, 0.25) is 0 Å². The summed E-state index contributed by atoms with van der Waals surface area (Å²) in [6, 6.07) is 14.6. The van der Waals surface area contributed by atoms with Crippen LogP contribution in [0.3, 0.4) is 0 Å². The van der Waals surface area contributed by atoms with Gasteiger partial charge in [0.15, 0.2) is 0 Å². The van der Waals surface area contributed by atoms with E-state index in [9.17, 15) is 8.42 Å². The minimum absolute atomic E-state index is 0.267. The number of ether oxygens (including phenoxy) is 2. The SMILES string of the molecule is CCOc1ccc(S(=O)(=O)N2CC(c3ccc(C)cc3)OCC2(C)C)cc1. The summed E-state index contributed by atoms with van der Waals surface area (Å²) in [5.41, 5.74) is 1.52. The molecule has 0 N–H and O–H groups in total. The molecule has 1 aliphatic rings. The van der Waals surface area contributed by atoms with Crippen LogP contribution in [0.4, 0.5) is 0 Å². The van der Waals surface area contributed by atoms with Crippen molar-refractivity contribution in [2.75, 3.05) is 19.8 Å². The molecule has 1 saturated heterocycles. The molecule has 0 bridgehead atoms. The monoisotopic (exact) mass is 389 g/mol. The Labute approximate surface area is 162 Å². The number of rotatable bonds is 5. The largest absolute Gasteiger partial charge is 0.494 e. The topological polar surface area (TPSA) is 55.8 Å². The third-order valence-electron chi connectivity index (χ3n) is 4.82. The Hall–Kier alpha value is -1.89. The molecule has 0 aromatic heterocycles. The fourth-order valence-electron chi connectivity index (χ4n) is 3.23. The van der Waals surface area contributed by atoms with Gasteiger partial charge in [-0.25, -0.2) is 8.42 Å². The van der Waals surface area contributed by atoms with Crippen molar-refractivity contribution in [2.45, 2.75) is 44.2 Å². The van der Waals surface area contributed by atoms with Gasteiger partial charge in [-0.3, -0.25) is 0 Å². The lowest BCUT2D eigenvalue weighted by Crippen LogP contribution is -2.56. The molecule has 1 fully saturated rings.